The van der Waals surface area contributed by atoms with E-state index in [4.69, 9.17) is 10.6 Å². The predicted molar refractivity (Wildman–Crippen MR) is 68.3 cm³/mol. The highest BCUT2D eigenvalue weighted by atomic mass is 16.5. The van der Waals surface area contributed by atoms with Gasteiger partial charge in [-0.15, -0.1) is 0 Å². The van der Waals surface area contributed by atoms with Crippen molar-refractivity contribution in [2.45, 2.75) is 63.5 Å². The molecule has 1 heterocycles. The molecule has 0 aromatic heterocycles. The van der Waals surface area contributed by atoms with E-state index < -0.39 is 0 Å². The number of hydrogen-bond acceptors (Lipinski definition) is 3. The van der Waals surface area contributed by atoms with Crippen molar-refractivity contribution in [3.63, 3.8) is 0 Å². The Morgan fingerprint density at radius 3 is 2.65 bits per heavy atom. The molecule has 4 atom stereocenters. The van der Waals surface area contributed by atoms with Gasteiger partial charge in [0.25, 0.3) is 0 Å². The van der Waals surface area contributed by atoms with Crippen LogP contribution in [0.4, 0.5) is 0 Å². The van der Waals surface area contributed by atoms with Crippen LogP contribution >= 0.6 is 0 Å². The van der Waals surface area contributed by atoms with Gasteiger partial charge in [0.15, 0.2) is 0 Å². The fourth-order valence-electron chi connectivity index (χ4n) is 4.20. The molecule has 3 aliphatic rings. The van der Waals surface area contributed by atoms with Gasteiger partial charge < -0.3 is 4.74 Å². The zero-order valence-corrected chi connectivity index (χ0v) is 11.0. The topological polar surface area (TPSA) is 47.3 Å². The molecule has 0 amide bonds. The normalized spacial score (nSPS) is 41.6. The highest BCUT2D eigenvalue weighted by Crippen LogP contribution is 2.48. The van der Waals surface area contributed by atoms with E-state index in [9.17, 15) is 0 Å². The van der Waals surface area contributed by atoms with Crippen LogP contribution < -0.4 is 11.3 Å². The number of nitrogens with one attached hydrogen (secondary N) is 1. The minimum Gasteiger partial charge on any atom is -0.375 e. The molecule has 0 aromatic rings. The number of hydrogen-bond donors (Lipinski definition) is 2. The molecule has 2 saturated carbocycles. The summed E-state index contributed by atoms with van der Waals surface area (Å²) in [6.07, 6.45) is 9.06. The molecular weight excluding hydrogens is 212 g/mol. The van der Waals surface area contributed by atoms with Gasteiger partial charge in [-0.2, -0.15) is 0 Å². The third-order valence-corrected chi connectivity index (χ3v) is 5.38. The standard InChI is InChI=1S/C14H26N2O/c1-10-8-12(10)13(16-15)11-4-7-17-14(9-11)5-2-3-6-14/h10-13,16H,2-9,15H2,1H3. The van der Waals surface area contributed by atoms with Gasteiger partial charge >= 0.3 is 0 Å². The Kier molecular flexibility index (Phi) is 3.18. The summed E-state index contributed by atoms with van der Waals surface area (Å²) >= 11 is 0. The highest BCUT2D eigenvalue weighted by Gasteiger charge is 2.47. The van der Waals surface area contributed by atoms with Crippen LogP contribution in [0.5, 0.6) is 0 Å². The van der Waals surface area contributed by atoms with E-state index in [1.54, 1.807) is 0 Å². The smallest absolute Gasteiger partial charge is 0.0685 e. The summed E-state index contributed by atoms with van der Waals surface area (Å²) in [5, 5.41) is 0. The number of nitrogens with two attached hydrogens (primary N) is 1. The Bertz CT molecular complexity index is 275. The average Bonchev–Trinajstić information content (AvgIpc) is 2.87. The average molecular weight is 238 g/mol. The summed E-state index contributed by atoms with van der Waals surface area (Å²) in [7, 11) is 0. The van der Waals surface area contributed by atoms with Gasteiger partial charge in [-0.1, -0.05) is 19.8 Å². The van der Waals surface area contributed by atoms with E-state index in [-0.39, 0.29) is 5.60 Å². The Labute approximate surface area is 104 Å². The first kappa shape index (κ1) is 11.9. The second-order valence-corrected chi connectivity index (χ2v) is 6.56. The fraction of sp³-hybridized carbons (Fsp3) is 1.00. The second-order valence-electron chi connectivity index (χ2n) is 6.56. The molecule has 1 aliphatic heterocycles. The van der Waals surface area contributed by atoms with Crippen LogP contribution in [-0.4, -0.2) is 18.2 Å². The number of rotatable bonds is 3. The lowest BCUT2D eigenvalue weighted by Crippen LogP contribution is -2.49. The van der Waals surface area contributed by atoms with Crippen molar-refractivity contribution in [2.75, 3.05) is 6.61 Å². The van der Waals surface area contributed by atoms with E-state index in [0.717, 1.165) is 24.4 Å². The first-order valence-electron chi connectivity index (χ1n) is 7.34. The maximum absolute atomic E-state index is 6.11. The minimum absolute atomic E-state index is 0.232. The van der Waals surface area contributed by atoms with Crippen LogP contribution in [0.25, 0.3) is 0 Å². The van der Waals surface area contributed by atoms with Gasteiger partial charge in [-0.3, -0.25) is 11.3 Å². The van der Waals surface area contributed by atoms with Gasteiger partial charge in [0, 0.05) is 12.6 Å². The van der Waals surface area contributed by atoms with E-state index in [2.05, 4.69) is 12.3 Å². The summed E-state index contributed by atoms with van der Waals surface area (Å²) in [6.45, 7) is 3.30. The molecule has 0 radical (unpaired) electrons. The lowest BCUT2D eigenvalue weighted by Gasteiger charge is -2.41. The van der Waals surface area contributed by atoms with Crippen molar-refractivity contribution in [2.24, 2.45) is 23.6 Å². The summed E-state index contributed by atoms with van der Waals surface area (Å²) in [5.41, 5.74) is 3.35. The maximum atomic E-state index is 6.11. The van der Waals surface area contributed by atoms with Gasteiger partial charge in [-0.25, -0.2) is 0 Å². The molecule has 4 unspecified atom stereocenters. The van der Waals surface area contributed by atoms with E-state index in [1.165, 1.54) is 44.9 Å². The van der Waals surface area contributed by atoms with E-state index in [1.807, 2.05) is 0 Å². The molecule has 3 heteroatoms. The lowest BCUT2D eigenvalue weighted by atomic mass is 9.79. The molecule has 1 saturated heterocycles. The van der Waals surface area contributed by atoms with Gasteiger partial charge in [-0.05, 0) is 49.9 Å². The third-order valence-electron chi connectivity index (χ3n) is 5.38. The molecule has 1 spiro atoms. The summed E-state index contributed by atoms with van der Waals surface area (Å²) < 4.78 is 6.11. The molecule has 3 rings (SSSR count). The summed E-state index contributed by atoms with van der Waals surface area (Å²) in [5.74, 6) is 8.24. The Morgan fingerprint density at radius 2 is 2.06 bits per heavy atom. The molecule has 2 aliphatic carbocycles. The van der Waals surface area contributed by atoms with Crippen LogP contribution in [0.2, 0.25) is 0 Å². The van der Waals surface area contributed by atoms with Gasteiger partial charge in [0.2, 0.25) is 0 Å². The van der Waals surface area contributed by atoms with Crippen molar-refractivity contribution in [1.82, 2.24) is 5.43 Å². The fourth-order valence-corrected chi connectivity index (χ4v) is 4.20. The van der Waals surface area contributed by atoms with Crippen LogP contribution in [0.3, 0.4) is 0 Å². The van der Waals surface area contributed by atoms with Gasteiger partial charge in [0.1, 0.15) is 0 Å². The molecule has 3 fully saturated rings. The van der Waals surface area contributed by atoms with Crippen molar-refractivity contribution in [3.8, 4) is 0 Å². The largest absolute Gasteiger partial charge is 0.375 e. The van der Waals surface area contributed by atoms with E-state index >= 15 is 0 Å². The molecule has 98 valence electrons. The summed E-state index contributed by atoms with van der Waals surface area (Å²) in [6, 6.07) is 0.534. The first-order valence-corrected chi connectivity index (χ1v) is 7.34. The Morgan fingerprint density at radius 1 is 1.35 bits per heavy atom. The Balaban J connectivity index is 1.66. The molecule has 0 bridgehead atoms. The zero-order valence-electron chi connectivity index (χ0n) is 11.0. The molecular formula is C14H26N2O. The lowest BCUT2D eigenvalue weighted by molar-refractivity contribution is -0.0992. The van der Waals surface area contributed by atoms with Gasteiger partial charge in [0.05, 0.1) is 5.60 Å². The highest BCUT2D eigenvalue weighted by molar-refractivity contribution is 5.00. The van der Waals surface area contributed by atoms with Crippen molar-refractivity contribution >= 4 is 0 Å². The summed E-state index contributed by atoms with van der Waals surface area (Å²) in [4.78, 5) is 0. The molecule has 17 heavy (non-hydrogen) atoms. The van der Waals surface area contributed by atoms with Crippen molar-refractivity contribution < 1.29 is 4.74 Å². The molecule has 3 N–H and O–H groups in total. The third kappa shape index (κ3) is 2.25. The first-order chi connectivity index (χ1) is 8.24. The molecule has 3 nitrogen and oxygen atoms in total. The SMILES string of the molecule is CC1CC1C(NN)C1CCOC2(CCCC2)C1. The van der Waals surface area contributed by atoms with Crippen LogP contribution in [0.15, 0.2) is 0 Å². The van der Waals surface area contributed by atoms with E-state index in [0.29, 0.717) is 6.04 Å². The zero-order chi connectivity index (χ0) is 11.9. The van der Waals surface area contributed by atoms with Crippen LogP contribution in [-0.2, 0) is 4.74 Å². The maximum Gasteiger partial charge on any atom is 0.0685 e. The number of ether oxygens (including phenoxy) is 1. The Hall–Kier alpha value is -0.120. The second kappa shape index (κ2) is 4.52. The van der Waals surface area contributed by atoms with Crippen molar-refractivity contribution in [1.29, 1.82) is 0 Å². The van der Waals surface area contributed by atoms with Crippen molar-refractivity contribution in [3.05, 3.63) is 0 Å². The minimum atomic E-state index is 0.232. The monoisotopic (exact) mass is 238 g/mol. The number of hydrazine groups is 1. The van der Waals surface area contributed by atoms with Crippen LogP contribution in [0.1, 0.15) is 51.9 Å². The predicted octanol–water partition coefficient (Wildman–Crippen LogP) is 2.21. The quantitative estimate of drug-likeness (QED) is 0.585. The van der Waals surface area contributed by atoms with Crippen LogP contribution in [0, 0.1) is 17.8 Å². The molecule has 0 aromatic carbocycles.